The quantitative estimate of drug-likeness (QED) is 0.585. The van der Waals surface area contributed by atoms with Crippen LogP contribution < -0.4 is 16.2 Å². The number of hydrogen-bond donors (Lipinski definition) is 3. The van der Waals surface area contributed by atoms with Crippen LogP contribution in [0.15, 0.2) is 54.6 Å². The Morgan fingerprint density at radius 3 is 2.23 bits per heavy atom. The summed E-state index contributed by atoms with van der Waals surface area (Å²) in [6, 6.07) is 15.8. The van der Waals surface area contributed by atoms with Crippen molar-refractivity contribution < 1.29 is 9.59 Å². The molecule has 0 fully saturated rings. The Labute approximate surface area is 133 Å². The molecule has 0 saturated heterocycles. The molecule has 2 aromatic rings. The van der Waals surface area contributed by atoms with E-state index in [1.807, 2.05) is 19.1 Å². The minimum absolute atomic E-state index is 0.0239. The Morgan fingerprint density at radius 2 is 1.55 bits per heavy atom. The minimum atomic E-state index is -0.340. The largest absolute Gasteiger partial charge is 0.298 e. The van der Waals surface area contributed by atoms with Crippen molar-refractivity contribution >= 4 is 29.1 Å². The maximum Gasteiger partial charge on any atom is 0.269 e. The number of thiocarbonyl (C=S) groups is 1. The van der Waals surface area contributed by atoms with Crippen LogP contribution in [0.25, 0.3) is 0 Å². The monoisotopic (exact) mass is 313 g/mol. The van der Waals surface area contributed by atoms with E-state index in [-0.39, 0.29) is 16.9 Å². The molecule has 112 valence electrons. The van der Waals surface area contributed by atoms with E-state index in [0.29, 0.717) is 11.1 Å². The average Bonchev–Trinajstić information content (AvgIpc) is 2.53. The van der Waals surface area contributed by atoms with Crippen molar-refractivity contribution in [3.05, 3.63) is 71.3 Å². The van der Waals surface area contributed by atoms with Gasteiger partial charge in [0.15, 0.2) is 5.11 Å². The van der Waals surface area contributed by atoms with Gasteiger partial charge in [-0.3, -0.25) is 25.8 Å². The first-order valence-corrected chi connectivity index (χ1v) is 7.00. The summed E-state index contributed by atoms with van der Waals surface area (Å²) in [5.74, 6) is -0.678. The zero-order valence-corrected chi connectivity index (χ0v) is 12.7. The molecular formula is C16H15N3O2S. The van der Waals surface area contributed by atoms with Crippen LogP contribution in [-0.4, -0.2) is 16.9 Å². The molecule has 0 radical (unpaired) electrons. The van der Waals surface area contributed by atoms with Crippen molar-refractivity contribution in [1.29, 1.82) is 0 Å². The molecule has 0 aromatic heterocycles. The molecule has 0 atom stereocenters. The summed E-state index contributed by atoms with van der Waals surface area (Å²) >= 11 is 4.97. The van der Waals surface area contributed by atoms with Crippen LogP contribution in [0.3, 0.4) is 0 Å². The van der Waals surface area contributed by atoms with Gasteiger partial charge in [0.25, 0.3) is 11.8 Å². The minimum Gasteiger partial charge on any atom is -0.298 e. The maximum atomic E-state index is 12.0. The number of carbonyl (C=O) groups is 2. The number of benzene rings is 2. The molecule has 3 N–H and O–H groups in total. The lowest BCUT2D eigenvalue weighted by Crippen LogP contribution is -2.48. The molecule has 5 nitrogen and oxygen atoms in total. The number of aryl methyl sites for hydroxylation is 1. The zero-order valence-electron chi connectivity index (χ0n) is 11.9. The highest BCUT2D eigenvalue weighted by molar-refractivity contribution is 7.80. The number of rotatable bonds is 2. The highest BCUT2D eigenvalue weighted by Crippen LogP contribution is 2.03. The first-order chi connectivity index (χ1) is 10.6. The van der Waals surface area contributed by atoms with E-state index in [9.17, 15) is 9.59 Å². The molecule has 2 amide bonds. The first-order valence-electron chi connectivity index (χ1n) is 6.59. The summed E-state index contributed by atoms with van der Waals surface area (Å²) in [6.45, 7) is 1.90. The van der Waals surface area contributed by atoms with Crippen molar-refractivity contribution in [3.8, 4) is 0 Å². The Balaban J connectivity index is 1.86. The van der Waals surface area contributed by atoms with Gasteiger partial charge in [0.2, 0.25) is 0 Å². The van der Waals surface area contributed by atoms with Gasteiger partial charge in [-0.25, -0.2) is 0 Å². The van der Waals surface area contributed by atoms with Crippen molar-refractivity contribution in [1.82, 2.24) is 16.2 Å². The van der Waals surface area contributed by atoms with Gasteiger partial charge < -0.3 is 0 Å². The molecule has 22 heavy (non-hydrogen) atoms. The molecule has 0 bridgehead atoms. The molecule has 6 heteroatoms. The molecular weight excluding hydrogens is 298 g/mol. The number of hydrazine groups is 1. The van der Waals surface area contributed by atoms with E-state index in [1.54, 1.807) is 42.5 Å². The third-order valence-corrected chi connectivity index (χ3v) is 3.04. The van der Waals surface area contributed by atoms with Crippen LogP contribution in [-0.2, 0) is 0 Å². The lowest BCUT2D eigenvalue weighted by molar-refractivity contribution is 0.0934. The second-order valence-electron chi connectivity index (χ2n) is 4.60. The van der Waals surface area contributed by atoms with Crippen molar-refractivity contribution in [2.24, 2.45) is 0 Å². The van der Waals surface area contributed by atoms with Crippen LogP contribution in [0.2, 0.25) is 0 Å². The fourth-order valence-corrected chi connectivity index (χ4v) is 1.91. The number of amides is 2. The molecule has 0 aliphatic heterocycles. The molecule has 0 unspecified atom stereocenters. The molecule has 0 aliphatic rings. The van der Waals surface area contributed by atoms with Gasteiger partial charge in [-0.2, -0.15) is 0 Å². The van der Waals surface area contributed by atoms with Crippen LogP contribution >= 0.6 is 12.2 Å². The number of carbonyl (C=O) groups excluding carboxylic acids is 2. The summed E-state index contributed by atoms with van der Waals surface area (Å²) < 4.78 is 0. The lowest BCUT2D eigenvalue weighted by atomic mass is 10.1. The molecule has 0 spiro atoms. The number of nitrogens with one attached hydrogen (secondary N) is 3. The molecule has 0 aliphatic carbocycles. The summed E-state index contributed by atoms with van der Waals surface area (Å²) in [5, 5.41) is 2.52. The van der Waals surface area contributed by atoms with Gasteiger partial charge in [-0.1, -0.05) is 35.9 Å². The Kier molecular flexibility index (Phi) is 5.21. The molecule has 2 rings (SSSR count). The fourth-order valence-electron chi connectivity index (χ4n) is 1.77. The van der Waals surface area contributed by atoms with Gasteiger partial charge in [0.05, 0.1) is 0 Å². The summed E-state index contributed by atoms with van der Waals surface area (Å²) in [6.07, 6.45) is 0. The first kappa shape index (κ1) is 15.7. The summed E-state index contributed by atoms with van der Waals surface area (Å²) in [5.41, 5.74) is 6.88. The van der Waals surface area contributed by atoms with E-state index >= 15 is 0 Å². The topological polar surface area (TPSA) is 70.2 Å². The van der Waals surface area contributed by atoms with E-state index in [1.165, 1.54) is 0 Å². The predicted octanol–water partition coefficient (Wildman–Crippen LogP) is 1.94. The van der Waals surface area contributed by atoms with E-state index in [4.69, 9.17) is 12.2 Å². The van der Waals surface area contributed by atoms with Gasteiger partial charge in [-0.15, -0.1) is 0 Å². The Morgan fingerprint density at radius 1 is 0.864 bits per heavy atom. The van der Waals surface area contributed by atoms with Gasteiger partial charge >= 0.3 is 0 Å². The second kappa shape index (κ2) is 7.33. The maximum absolute atomic E-state index is 12.0. The highest BCUT2D eigenvalue weighted by atomic mass is 32.1. The summed E-state index contributed by atoms with van der Waals surface area (Å²) in [7, 11) is 0. The van der Waals surface area contributed by atoms with Crippen LogP contribution in [0.5, 0.6) is 0 Å². The number of hydrogen-bond acceptors (Lipinski definition) is 3. The Bertz CT molecular complexity index is 702. The second-order valence-corrected chi connectivity index (χ2v) is 5.01. The van der Waals surface area contributed by atoms with Crippen LogP contribution in [0.1, 0.15) is 26.3 Å². The van der Waals surface area contributed by atoms with Crippen molar-refractivity contribution in [2.45, 2.75) is 6.92 Å². The molecule has 0 saturated carbocycles. The van der Waals surface area contributed by atoms with E-state index in [2.05, 4.69) is 16.2 Å². The van der Waals surface area contributed by atoms with Crippen molar-refractivity contribution in [2.75, 3.05) is 0 Å². The third kappa shape index (κ3) is 4.39. The smallest absolute Gasteiger partial charge is 0.269 e. The fraction of sp³-hybridized carbons (Fsp3) is 0.0625. The van der Waals surface area contributed by atoms with Gasteiger partial charge in [-0.05, 0) is 43.4 Å². The standard InChI is InChI=1S/C16H15N3O2S/c1-11-6-5-9-13(10-11)14(20)17-16(22)19-18-15(21)12-7-3-2-4-8-12/h2-10H,1H3,(H,18,21)(H2,17,19,20,22). The Hall–Kier alpha value is -2.73. The predicted molar refractivity (Wildman–Crippen MR) is 88.3 cm³/mol. The molecule has 0 heterocycles. The average molecular weight is 313 g/mol. The summed E-state index contributed by atoms with van der Waals surface area (Å²) in [4.78, 5) is 23.8. The van der Waals surface area contributed by atoms with E-state index in [0.717, 1.165) is 5.56 Å². The third-order valence-electron chi connectivity index (χ3n) is 2.83. The SMILES string of the molecule is Cc1cccc(C(=O)NC(=S)NNC(=O)c2ccccc2)c1. The van der Waals surface area contributed by atoms with Gasteiger partial charge in [0.1, 0.15) is 0 Å². The van der Waals surface area contributed by atoms with Crippen LogP contribution in [0, 0.1) is 6.92 Å². The van der Waals surface area contributed by atoms with E-state index < -0.39 is 0 Å². The van der Waals surface area contributed by atoms with Crippen LogP contribution in [0.4, 0.5) is 0 Å². The molecule has 2 aromatic carbocycles. The highest BCUT2D eigenvalue weighted by Gasteiger charge is 2.09. The lowest BCUT2D eigenvalue weighted by Gasteiger charge is -2.11. The van der Waals surface area contributed by atoms with Crippen molar-refractivity contribution in [3.63, 3.8) is 0 Å². The normalized spacial score (nSPS) is 9.68. The van der Waals surface area contributed by atoms with Gasteiger partial charge in [0, 0.05) is 11.1 Å². The zero-order chi connectivity index (χ0) is 15.9.